The van der Waals surface area contributed by atoms with Crippen molar-refractivity contribution in [1.82, 2.24) is 4.57 Å². The highest BCUT2D eigenvalue weighted by Gasteiger charge is 2.61. The average molecular weight is 467 g/mol. The van der Waals surface area contributed by atoms with Gasteiger partial charge in [-0.15, -0.1) is 0 Å². The van der Waals surface area contributed by atoms with Crippen LogP contribution >= 0.6 is 0 Å². The quantitative estimate of drug-likeness (QED) is 0.381. The molecular formula is C29H26N2O4. The van der Waals surface area contributed by atoms with Crippen molar-refractivity contribution in [2.75, 3.05) is 6.61 Å². The number of ether oxygens (including phenoxy) is 2. The monoisotopic (exact) mass is 466 g/mol. The fourth-order valence-corrected chi connectivity index (χ4v) is 5.95. The lowest BCUT2D eigenvalue weighted by Gasteiger charge is -2.26. The normalized spacial score (nSPS) is 22.3. The first-order valence-electron chi connectivity index (χ1n) is 11.9. The summed E-state index contributed by atoms with van der Waals surface area (Å²) in [6.07, 6.45) is 2.03. The molecule has 1 fully saturated rings. The fraction of sp³-hybridized carbons (Fsp3) is 0.276. The molecule has 2 bridgehead atoms. The molecule has 6 heteroatoms. The lowest BCUT2D eigenvalue weighted by atomic mass is 9.78. The van der Waals surface area contributed by atoms with Crippen molar-refractivity contribution in [1.29, 1.82) is 5.26 Å². The molecule has 176 valence electrons. The predicted molar refractivity (Wildman–Crippen MR) is 132 cm³/mol. The van der Waals surface area contributed by atoms with Crippen LogP contribution in [0.25, 0.3) is 16.5 Å². The topological polar surface area (TPSA) is 87.6 Å². The van der Waals surface area contributed by atoms with Crippen LogP contribution in [0.15, 0.2) is 60.7 Å². The summed E-state index contributed by atoms with van der Waals surface area (Å²) in [6.45, 7) is 4.42. The van der Waals surface area contributed by atoms with Crippen molar-refractivity contribution in [3.05, 3.63) is 82.9 Å². The highest BCUT2D eigenvalue weighted by molar-refractivity contribution is 5.95. The first kappa shape index (κ1) is 21.6. The second kappa shape index (κ2) is 7.53. The van der Waals surface area contributed by atoms with Gasteiger partial charge in [0.2, 0.25) is 11.8 Å². The molecule has 1 saturated heterocycles. The van der Waals surface area contributed by atoms with E-state index in [2.05, 4.69) is 6.07 Å². The average Bonchev–Trinajstić information content (AvgIpc) is 3.43. The third-order valence-corrected chi connectivity index (χ3v) is 7.56. The minimum Gasteiger partial charge on any atom is -0.494 e. The smallest absolute Gasteiger partial charge is 0.205 e. The fourth-order valence-electron chi connectivity index (χ4n) is 5.95. The first-order valence-corrected chi connectivity index (χ1v) is 11.9. The number of aromatic nitrogens is 1. The molecule has 2 N–H and O–H groups in total. The van der Waals surface area contributed by atoms with Crippen LogP contribution in [-0.4, -0.2) is 21.4 Å². The molecule has 0 aliphatic carbocycles. The maximum atomic E-state index is 11.5. The molecular weight excluding hydrogens is 440 g/mol. The zero-order valence-electron chi connectivity index (χ0n) is 19.7. The van der Waals surface area contributed by atoms with Crippen LogP contribution in [0, 0.1) is 18.3 Å². The van der Waals surface area contributed by atoms with Crippen LogP contribution in [-0.2, 0) is 15.9 Å². The molecule has 2 aliphatic heterocycles. The van der Waals surface area contributed by atoms with Crippen LogP contribution in [0.3, 0.4) is 0 Å². The molecule has 0 amide bonds. The Kier molecular flexibility index (Phi) is 4.64. The molecule has 3 heterocycles. The SMILES string of the molecule is Cc1cccc(OCC[C@@]23CC[C@@](C)(O2)c2c3c(O)n(-c3ccc(C#N)c4ccccc34)c2O)c1. The molecule has 3 aromatic carbocycles. The Morgan fingerprint density at radius 1 is 1.00 bits per heavy atom. The minimum atomic E-state index is -0.733. The number of benzene rings is 3. The van der Waals surface area contributed by atoms with Crippen LogP contribution in [0.1, 0.15) is 48.4 Å². The standard InChI is InChI=1S/C29H26N2O4/c1-18-6-5-7-20(16-18)34-15-14-29-13-12-28(2,35-29)24-25(29)27(33)31(26(24)32)23-11-10-19(17-30)21-8-3-4-9-22(21)23/h3-11,16,32-33H,12-15H2,1-2H3/t28-,29-/m1/s1. The van der Waals surface area contributed by atoms with E-state index in [1.807, 2.05) is 62.4 Å². The molecule has 2 atom stereocenters. The highest BCUT2D eigenvalue weighted by Crippen LogP contribution is 2.65. The number of hydrogen-bond donors (Lipinski definition) is 2. The number of fused-ring (bicyclic) bond motifs is 6. The molecule has 2 aliphatic rings. The Labute approximate surface area is 203 Å². The van der Waals surface area contributed by atoms with Gasteiger partial charge >= 0.3 is 0 Å². The van der Waals surface area contributed by atoms with E-state index in [1.165, 1.54) is 4.57 Å². The third kappa shape index (κ3) is 3.05. The minimum absolute atomic E-state index is 0.0176. The third-order valence-electron chi connectivity index (χ3n) is 7.56. The molecule has 4 aromatic rings. The van der Waals surface area contributed by atoms with Gasteiger partial charge in [-0.2, -0.15) is 5.26 Å². The van der Waals surface area contributed by atoms with E-state index in [4.69, 9.17) is 9.47 Å². The number of aryl methyl sites for hydroxylation is 1. The predicted octanol–water partition coefficient (Wildman–Crippen LogP) is 5.93. The first-order chi connectivity index (χ1) is 16.9. The van der Waals surface area contributed by atoms with E-state index >= 15 is 0 Å². The molecule has 35 heavy (non-hydrogen) atoms. The van der Waals surface area contributed by atoms with Gasteiger partial charge in [0.05, 0.1) is 40.7 Å². The molecule has 0 saturated carbocycles. The second-order valence-corrected chi connectivity index (χ2v) is 9.76. The number of hydrogen-bond acceptors (Lipinski definition) is 5. The van der Waals surface area contributed by atoms with E-state index in [0.29, 0.717) is 35.4 Å². The summed E-state index contributed by atoms with van der Waals surface area (Å²) in [5.41, 5.74) is 2.16. The highest BCUT2D eigenvalue weighted by atomic mass is 16.5. The Balaban J connectivity index is 1.44. The van der Waals surface area contributed by atoms with E-state index in [1.54, 1.807) is 12.1 Å². The number of nitriles is 1. The Morgan fingerprint density at radius 3 is 2.54 bits per heavy atom. The van der Waals surface area contributed by atoms with Gasteiger partial charge in [-0.1, -0.05) is 36.4 Å². The Bertz CT molecular complexity index is 1530. The lowest BCUT2D eigenvalue weighted by Crippen LogP contribution is -2.25. The van der Waals surface area contributed by atoms with Crippen molar-refractivity contribution in [2.24, 2.45) is 0 Å². The summed E-state index contributed by atoms with van der Waals surface area (Å²) >= 11 is 0. The maximum Gasteiger partial charge on any atom is 0.205 e. The number of nitrogens with zero attached hydrogens (tertiary/aromatic N) is 2. The van der Waals surface area contributed by atoms with Gasteiger partial charge in [-0.3, -0.25) is 4.57 Å². The van der Waals surface area contributed by atoms with Crippen molar-refractivity contribution in [3.8, 4) is 29.3 Å². The van der Waals surface area contributed by atoms with Crippen molar-refractivity contribution in [2.45, 2.75) is 44.3 Å². The van der Waals surface area contributed by atoms with Crippen LogP contribution in [0.4, 0.5) is 0 Å². The summed E-state index contributed by atoms with van der Waals surface area (Å²) < 4.78 is 14.1. The van der Waals surface area contributed by atoms with Crippen LogP contribution in [0.5, 0.6) is 17.5 Å². The Hall–Kier alpha value is -3.95. The van der Waals surface area contributed by atoms with Gasteiger partial charge in [0, 0.05) is 17.2 Å². The van der Waals surface area contributed by atoms with E-state index in [0.717, 1.165) is 34.9 Å². The van der Waals surface area contributed by atoms with E-state index < -0.39 is 11.2 Å². The summed E-state index contributed by atoms with van der Waals surface area (Å²) in [5.74, 6) is 0.761. The molecule has 0 spiro atoms. The zero-order valence-corrected chi connectivity index (χ0v) is 19.7. The molecule has 0 unspecified atom stereocenters. The lowest BCUT2D eigenvalue weighted by molar-refractivity contribution is -0.0876. The number of aromatic hydroxyl groups is 2. The van der Waals surface area contributed by atoms with Crippen molar-refractivity contribution >= 4 is 10.8 Å². The van der Waals surface area contributed by atoms with Gasteiger partial charge in [-0.25, -0.2) is 0 Å². The van der Waals surface area contributed by atoms with Crippen LogP contribution < -0.4 is 4.74 Å². The van der Waals surface area contributed by atoms with E-state index in [-0.39, 0.29) is 11.8 Å². The largest absolute Gasteiger partial charge is 0.494 e. The summed E-state index contributed by atoms with van der Waals surface area (Å²) in [4.78, 5) is 0. The second-order valence-electron chi connectivity index (χ2n) is 9.76. The van der Waals surface area contributed by atoms with Crippen LogP contribution in [0.2, 0.25) is 0 Å². The summed E-state index contributed by atoms with van der Waals surface area (Å²) in [5, 5.41) is 34.1. The molecule has 1 aromatic heterocycles. The number of rotatable bonds is 5. The van der Waals surface area contributed by atoms with Gasteiger partial charge < -0.3 is 19.7 Å². The van der Waals surface area contributed by atoms with E-state index in [9.17, 15) is 15.5 Å². The van der Waals surface area contributed by atoms with Gasteiger partial charge in [-0.05, 0) is 56.5 Å². The zero-order chi connectivity index (χ0) is 24.4. The molecule has 6 rings (SSSR count). The summed E-state index contributed by atoms with van der Waals surface area (Å²) in [6, 6.07) is 21.2. The maximum absolute atomic E-state index is 11.5. The summed E-state index contributed by atoms with van der Waals surface area (Å²) in [7, 11) is 0. The van der Waals surface area contributed by atoms with Crippen molar-refractivity contribution in [3.63, 3.8) is 0 Å². The van der Waals surface area contributed by atoms with Gasteiger partial charge in [0.1, 0.15) is 11.4 Å². The van der Waals surface area contributed by atoms with Gasteiger partial charge in [0.25, 0.3) is 0 Å². The van der Waals surface area contributed by atoms with Gasteiger partial charge in [0.15, 0.2) is 0 Å². The molecule has 6 nitrogen and oxygen atoms in total. The Morgan fingerprint density at radius 2 is 1.77 bits per heavy atom. The molecule has 0 radical (unpaired) electrons. The van der Waals surface area contributed by atoms with Crippen molar-refractivity contribution < 1.29 is 19.7 Å².